The molecule has 0 unspecified atom stereocenters. The molecule has 0 aromatic carbocycles. The van der Waals surface area contributed by atoms with Gasteiger partial charge < -0.3 is 5.73 Å². The molecule has 0 saturated heterocycles. The number of halogens is 1. The largest absolute Gasteiger partial charge is 0.384 e. The summed E-state index contributed by atoms with van der Waals surface area (Å²) in [4.78, 5) is 13.2. The molecule has 4 nitrogen and oxygen atoms in total. The number of aromatic nitrogens is 3. The van der Waals surface area contributed by atoms with Crippen molar-refractivity contribution < 1.29 is 0 Å². The smallest absolute Gasteiger partial charge is 0.147 e. The van der Waals surface area contributed by atoms with Gasteiger partial charge in [-0.3, -0.25) is 4.98 Å². The van der Waals surface area contributed by atoms with Gasteiger partial charge in [0.15, 0.2) is 0 Å². The van der Waals surface area contributed by atoms with E-state index >= 15 is 0 Å². The molecule has 2 rings (SSSR count). The summed E-state index contributed by atoms with van der Waals surface area (Å²) in [5.41, 5.74) is 6.37. The molecule has 0 atom stereocenters. The van der Waals surface area contributed by atoms with Crippen molar-refractivity contribution in [2.24, 2.45) is 0 Å². The number of rotatable bonds is 3. The SMILES string of the molecule is Nc1ccc(SCc2cnc(Cl)cn2)cn1. The lowest BCUT2D eigenvalue weighted by Gasteiger charge is -2.01. The lowest BCUT2D eigenvalue weighted by molar-refractivity contribution is 1.10. The van der Waals surface area contributed by atoms with E-state index in [1.807, 2.05) is 6.07 Å². The number of thioether (sulfide) groups is 1. The lowest BCUT2D eigenvalue weighted by Crippen LogP contribution is -1.90. The van der Waals surface area contributed by atoms with Crippen LogP contribution >= 0.6 is 23.4 Å². The summed E-state index contributed by atoms with van der Waals surface area (Å²) in [5, 5.41) is 0.405. The third-order valence-corrected chi connectivity index (χ3v) is 3.03. The molecule has 0 radical (unpaired) electrons. The van der Waals surface area contributed by atoms with Crippen LogP contribution in [0.3, 0.4) is 0 Å². The highest BCUT2D eigenvalue weighted by atomic mass is 35.5. The van der Waals surface area contributed by atoms with E-state index in [0.29, 0.717) is 11.0 Å². The van der Waals surface area contributed by atoms with E-state index in [4.69, 9.17) is 17.3 Å². The minimum atomic E-state index is 0.405. The van der Waals surface area contributed by atoms with Crippen molar-refractivity contribution in [1.29, 1.82) is 0 Å². The molecule has 2 aromatic heterocycles. The van der Waals surface area contributed by atoms with Crippen LogP contribution in [0.25, 0.3) is 0 Å². The van der Waals surface area contributed by atoms with Gasteiger partial charge in [-0.1, -0.05) is 11.6 Å². The molecular formula is C10H9ClN4S. The number of nitrogens with two attached hydrogens (primary N) is 1. The first kappa shape index (κ1) is 11.2. The van der Waals surface area contributed by atoms with Gasteiger partial charge in [-0.05, 0) is 12.1 Å². The Bertz CT molecular complexity index is 412. The third kappa shape index (κ3) is 3.08. The molecule has 2 heterocycles. The second-order valence-electron chi connectivity index (χ2n) is 3.04. The first-order valence-corrected chi connectivity index (χ1v) is 5.91. The van der Waals surface area contributed by atoms with Gasteiger partial charge in [-0.2, -0.15) is 0 Å². The van der Waals surface area contributed by atoms with Gasteiger partial charge in [-0.25, -0.2) is 9.97 Å². The zero-order valence-electron chi connectivity index (χ0n) is 8.30. The Morgan fingerprint density at radius 1 is 1.12 bits per heavy atom. The summed E-state index contributed by atoms with van der Waals surface area (Å²) < 4.78 is 0. The van der Waals surface area contributed by atoms with E-state index < -0.39 is 0 Å². The molecule has 16 heavy (non-hydrogen) atoms. The molecule has 6 heteroatoms. The molecule has 0 spiro atoms. The van der Waals surface area contributed by atoms with Crippen molar-refractivity contribution in [3.05, 3.63) is 41.6 Å². The van der Waals surface area contributed by atoms with E-state index in [1.54, 1.807) is 36.4 Å². The highest BCUT2D eigenvalue weighted by molar-refractivity contribution is 7.98. The Labute approximate surface area is 102 Å². The van der Waals surface area contributed by atoms with Crippen molar-refractivity contribution in [3.8, 4) is 0 Å². The van der Waals surface area contributed by atoms with Crippen molar-refractivity contribution in [1.82, 2.24) is 15.0 Å². The van der Waals surface area contributed by atoms with Crippen molar-refractivity contribution >= 4 is 29.2 Å². The Morgan fingerprint density at radius 2 is 2.00 bits per heavy atom. The number of hydrogen-bond acceptors (Lipinski definition) is 5. The minimum Gasteiger partial charge on any atom is -0.384 e. The van der Waals surface area contributed by atoms with E-state index in [-0.39, 0.29) is 0 Å². The van der Waals surface area contributed by atoms with E-state index in [2.05, 4.69) is 15.0 Å². The first-order valence-electron chi connectivity index (χ1n) is 4.55. The minimum absolute atomic E-state index is 0.405. The second kappa shape index (κ2) is 5.14. The van der Waals surface area contributed by atoms with Gasteiger partial charge in [0.25, 0.3) is 0 Å². The number of pyridine rings is 1. The van der Waals surface area contributed by atoms with E-state index in [0.717, 1.165) is 16.3 Å². The van der Waals surface area contributed by atoms with Gasteiger partial charge >= 0.3 is 0 Å². The van der Waals surface area contributed by atoms with Crippen molar-refractivity contribution in [2.75, 3.05) is 5.73 Å². The summed E-state index contributed by atoms with van der Waals surface area (Å²) >= 11 is 7.27. The standard InChI is InChI=1S/C10H9ClN4S/c11-9-5-13-7(3-14-9)6-16-8-1-2-10(12)15-4-8/h1-5H,6H2,(H2,12,15). The molecule has 0 aliphatic rings. The fourth-order valence-electron chi connectivity index (χ4n) is 1.05. The maximum Gasteiger partial charge on any atom is 0.147 e. The monoisotopic (exact) mass is 252 g/mol. The predicted octanol–water partition coefficient (Wildman–Crippen LogP) is 2.40. The summed E-state index contributed by atoms with van der Waals surface area (Å²) in [5.74, 6) is 1.26. The molecule has 0 aliphatic carbocycles. The molecule has 0 fully saturated rings. The summed E-state index contributed by atoms with van der Waals surface area (Å²) in [6.07, 6.45) is 4.95. The van der Waals surface area contributed by atoms with Crippen LogP contribution in [-0.2, 0) is 5.75 Å². The van der Waals surface area contributed by atoms with Crippen molar-refractivity contribution in [2.45, 2.75) is 10.6 Å². The maximum atomic E-state index is 5.64. The summed E-state index contributed by atoms with van der Waals surface area (Å²) in [7, 11) is 0. The first-order chi connectivity index (χ1) is 7.74. The molecule has 0 saturated carbocycles. The Morgan fingerprint density at radius 3 is 2.62 bits per heavy atom. The fraction of sp³-hybridized carbons (Fsp3) is 0.100. The van der Waals surface area contributed by atoms with Gasteiger partial charge in [0.2, 0.25) is 0 Å². The Kier molecular flexibility index (Phi) is 3.58. The molecule has 82 valence electrons. The van der Waals surface area contributed by atoms with Crippen LogP contribution in [0.15, 0.2) is 35.6 Å². The number of nitrogen functional groups attached to an aromatic ring is 1. The van der Waals surface area contributed by atoms with Crippen LogP contribution in [0.2, 0.25) is 5.15 Å². The molecular weight excluding hydrogens is 244 g/mol. The van der Waals surface area contributed by atoms with Crippen LogP contribution in [0.5, 0.6) is 0 Å². The molecule has 2 N–H and O–H groups in total. The highest BCUT2D eigenvalue weighted by Crippen LogP contribution is 2.21. The van der Waals surface area contributed by atoms with Crippen LogP contribution in [0.4, 0.5) is 5.82 Å². The average Bonchev–Trinajstić information content (AvgIpc) is 2.30. The van der Waals surface area contributed by atoms with Crippen LogP contribution in [0.1, 0.15) is 5.69 Å². The third-order valence-electron chi connectivity index (χ3n) is 1.82. The average molecular weight is 253 g/mol. The van der Waals surface area contributed by atoms with Crippen molar-refractivity contribution in [3.63, 3.8) is 0 Å². The highest BCUT2D eigenvalue weighted by Gasteiger charge is 1.99. The fourth-order valence-corrected chi connectivity index (χ4v) is 1.90. The normalized spacial score (nSPS) is 10.3. The van der Waals surface area contributed by atoms with Gasteiger partial charge in [-0.15, -0.1) is 11.8 Å². The second-order valence-corrected chi connectivity index (χ2v) is 4.47. The quantitative estimate of drug-likeness (QED) is 0.850. The Hall–Kier alpha value is -1.33. The van der Waals surface area contributed by atoms with E-state index in [9.17, 15) is 0 Å². The molecule has 0 amide bonds. The van der Waals surface area contributed by atoms with Gasteiger partial charge in [0.1, 0.15) is 11.0 Å². The Balaban J connectivity index is 1.97. The summed E-state index contributed by atoms with van der Waals surface area (Å²) in [6.45, 7) is 0. The van der Waals surface area contributed by atoms with Gasteiger partial charge in [0, 0.05) is 16.8 Å². The molecule has 2 aromatic rings. The molecule has 0 aliphatic heterocycles. The van der Waals surface area contributed by atoms with Crippen LogP contribution in [-0.4, -0.2) is 15.0 Å². The zero-order valence-corrected chi connectivity index (χ0v) is 9.87. The number of hydrogen-bond donors (Lipinski definition) is 1. The molecule has 0 bridgehead atoms. The number of nitrogens with zero attached hydrogens (tertiary/aromatic N) is 3. The van der Waals surface area contributed by atoms with E-state index in [1.165, 1.54) is 0 Å². The topological polar surface area (TPSA) is 64.7 Å². The lowest BCUT2D eigenvalue weighted by atomic mass is 10.5. The summed E-state index contributed by atoms with van der Waals surface area (Å²) in [6, 6.07) is 3.70. The van der Waals surface area contributed by atoms with Crippen LogP contribution < -0.4 is 5.73 Å². The number of anilines is 1. The predicted molar refractivity (Wildman–Crippen MR) is 65.3 cm³/mol. The zero-order chi connectivity index (χ0) is 11.4. The van der Waals surface area contributed by atoms with Gasteiger partial charge in [0.05, 0.1) is 18.1 Å². The van der Waals surface area contributed by atoms with Crippen LogP contribution in [0, 0.1) is 0 Å². The maximum absolute atomic E-state index is 5.64.